The molecule has 1 heteroatoms. The molecule has 0 amide bonds. The number of phenols is 1. The summed E-state index contributed by atoms with van der Waals surface area (Å²) >= 11 is 0. The van der Waals surface area contributed by atoms with Crippen LogP contribution in [0, 0.1) is 0 Å². The second-order valence-electron chi connectivity index (χ2n) is 1.70. The number of hydrogen-bond acceptors (Lipinski definition) is 1. The first-order chi connectivity index (χ1) is 12.2. The van der Waals surface area contributed by atoms with Gasteiger partial charge in [-0.2, -0.15) is 0 Å². The molecule has 0 aliphatic carbocycles. The van der Waals surface area contributed by atoms with E-state index in [2.05, 4.69) is 5.11 Å². The molecule has 1 nitrogen and oxygen atoms in total. The van der Waals surface area contributed by atoms with E-state index in [-0.39, 0.29) is 0 Å². The van der Waals surface area contributed by atoms with Crippen LogP contribution in [0.2, 0.25) is 0 Å². The van der Waals surface area contributed by atoms with Crippen molar-refractivity contribution in [3.05, 3.63) is 29.7 Å². The summed E-state index contributed by atoms with van der Waals surface area (Å²) in [6.07, 6.45) is -15.6. The third-order valence-electron chi connectivity index (χ3n) is 0.915. The largest absolute Gasteiger partial charge is 0.508 e. The van der Waals surface area contributed by atoms with Crippen molar-refractivity contribution in [2.45, 2.75) is 32.3 Å². The van der Waals surface area contributed by atoms with Gasteiger partial charge in [-0.15, -0.1) is 0 Å². The molecule has 0 heterocycles. The van der Waals surface area contributed by atoms with Crippen LogP contribution in [0.25, 0.3) is 0 Å². The van der Waals surface area contributed by atoms with E-state index in [1.165, 1.54) is 0 Å². The topological polar surface area (TPSA) is 20.2 Å². The van der Waals surface area contributed by atoms with Crippen LogP contribution in [0.4, 0.5) is 0 Å². The lowest BCUT2D eigenvalue weighted by atomic mass is 10.1. The Hall–Kier alpha value is -0.980. The van der Waals surface area contributed by atoms with Crippen LogP contribution in [-0.2, 0) is 6.37 Å². The first-order valence-corrected chi connectivity index (χ1v) is 2.95. The molecule has 0 spiro atoms. The maximum absolute atomic E-state index is 8.02. The third kappa shape index (κ3) is 2.95. The molecule has 0 aliphatic heterocycles. The van der Waals surface area contributed by atoms with Gasteiger partial charge in [-0.3, -0.25) is 0 Å². The summed E-state index contributed by atoms with van der Waals surface area (Å²) in [5.41, 5.74) is -1.27. The van der Waals surface area contributed by atoms with Gasteiger partial charge in [0.05, 0.1) is 5.48 Å². The normalized spacial score (nSPS) is 35.0. The standard InChI is InChI=1S/C11H16O/c1-2-3-4-5-10-6-8-11(12)9-7-10/h6-9,12H,2-5H2,1H3/i1D3,2D2,3D2,4D2,5D2,6D,7D,8D,9D/hD. The molecule has 0 bridgehead atoms. The molecule has 0 unspecified atom stereocenters. The van der Waals surface area contributed by atoms with Crippen molar-refractivity contribution >= 4 is 0 Å². The van der Waals surface area contributed by atoms with Gasteiger partial charge in [0.25, 0.3) is 1.43 Å². The van der Waals surface area contributed by atoms with E-state index in [1.807, 2.05) is 0 Å². The Morgan fingerprint density at radius 1 is 1.50 bits per heavy atom. The predicted octanol–water partition coefficient (Wildman–Crippen LogP) is 3.12. The number of rotatable bonds is 5. The van der Waals surface area contributed by atoms with E-state index < -0.39 is 67.8 Å². The Balaban J connectivity index is 3.86. The van der Waals surface area contributed by atoms with Crippen molar-refractivity contribution in [1.82, 2.24) is 0 Å². The summed E-state index contributed by atoms with van der Waals surface area (Å²) in [5, 5.41) is 3.97. The molecule has 1 aromatic carbocycles. The van der Waals surface area contributed by atoms with Crippen molar-refractivity contribution in [3.63, 3.8) is 0 Å². The van der Waals surface area contributed by atoms with Crippen LogP contribution < -0.4 is 0 Å². The fourth-order valence-electron chi connectivity index (χ4n) is 0.489. The molecule has 0 aliphatic rings. The van der Waals surface area contributed by atoms with Gasteiger partial charge in [0.2, 0.25) is 0 Å². The zero-order chi connectivity index (χ0) is 22.7. The van der Waals surface area contributed by atoms with Crippen molar-refractivity contribution in [3.8, 4) is 5.75 Å². The average Bonchev–Trinajstić information content (AvgIpc) is 2.52. The summed E-state index contributed by atoms with van der Waals surface area (Å²) in [7, 11) is 0. The van der Waals surface area contributed by atoms with Gasteiger partial charge in [-0.1, -0.05) is 31.7 Å². The quantitative estimate of drug-likeness (QED) is 0.738. The second-order valence-corrected chi connectivity index (χ2v) is 1.70. The minimum Gasteiger partial charge on any atom is -0.508 e. The molecule has 0 fully saturated rings. The Kier molecular flexibility index (Phi) is 0.607. The minimum atomic E-state index is -4.00. The van der Waals surface area contributed by atoms with Gasteiger partial charge >= 0.3 is 0 Å². The highest BCUT2D eigenvalue weighted by Gasteiger charge is 1.92. The van der Waals surface area contributed by atoms with Gasteiger partial charge < -0.3 is 5.11 Å². The first-order valence-electron chi connectivity index (χ1n) is 10.9. The molecule has 1 aromatic rings. The Labute approximate surface area is 96.6 Å². The van der Waals surface area contributed by atoms with Gasteiger partial charge in [-0.25, -0.2) is 0 Å². The van der Waals surface area contributed by atoms with Crippen LogP contribution >= 0.6 is 0 Å². The van der Waals surface area contributed by atoms with E-state index in [4.69, 9.17) is 22.0 Å². The summed E-state index contributed by atoms with van der Waals surface area (Å²) < 4.78 is 122. The van der Waals surface area contributed by atoms with Crippen LogP contribution in [0.3, 0.4) is 0 Å². The molecule has 1 rings (SSSR count). The highest BCUT2D eigenvalue weighted by Crippen LogP contribution is 2.12. The van der Waals surface area contributed by atoms with Crippen LogP contribution in [-0.4, -0.2) is 6.54 Å². The molecule has 12 heavy (non-hydrogen) atoms. The fourth-order valence-corrected chi connectivity index (χ4v) is 0.489. The molecule has 66 valence electrons. The fraction of sp³-hybridized carbons (Fsp3) is 0.455. The summed E-state index contributed by atoms with van der Waals surface area (Å²) in [6, 6.07) is -4.43. The monoisotopic (exact) mass is 180 g/mol. The van der Waals surface area contributed by atoms with E-state index in [1.54, 1.807) is 0 Å². The number of benzene rings is 1. The molecule has 0 saturated heterocycles. The summed E-state index contributed by atoms with van der Waals surface area (Å²) in [4.78, 5) is 0. The van der Waals surface area contributed by atoms with Crippen LogP contribution in [0.1, 0.15) is 52.1 Å². The number of hydrogen-bond donors (Lipinski definition) is 1. The van der Waals surface area contributed by atoms with Gasteiger partial charge in [0.15, 0.2) is 0 Å². The minimum absolute atomic E-state index is 0.879. The van der Waals surface area contributed by atoms with Crippen molar-refractivity contribution in [1.29, 1.82) is 1.43 Å². The van der Waals surface area contributed by atoms with Crippen LogP contribution in [0.15, 0.2) is 24.2 Å². The van der Waals surface area contributed by atoms with Gasteiger partial charge in [0.1, 0.15) is 5.75 Å². The maximum atomic E-state index is 8.02. The molecule has 0 aromatic heterocycles. The third-order valence-corrected chi connectivity index (χ3v) is 0.915. The highest BCUT2D eigenvalue weighted by atomic mass is 16.3. The van der Waals surface area contributed by atoms with E-state index in [9.17, 15) is 0 Å². The molecular weight excluding hydrogens is 148 g/mol. The average molecular weight is 180 g/mol. The molecule has 0 saturated carbocycles. The van der Waals surface area contributed by atoms with E-state index in [0.29, 0.717) is 0 Å². The lowest BCUT2D eigenvalue weighted by Crippen LogP contribution is -1.83. The molecular formula is C11H16O. The lowest BCUT2D eigenvalue weighted by molar-refractivity contribution is 0.475. The Bertz CT molecular complexity index is 734. The van der Waals surface area contributed by atoms with E-state index >= 15 is 0 Å². The summed E-state index contributed by atoms with van der Waals surface area (Å²) in [6.45, 7) is -3.68. The lowest BCUT2D eigenvalue weighted by Gasteiger charge is -1.99. The van der Waals surface area contributed by atoms with Crippen molar-refractivity contribution in [2.75, 3.05) is 0 Å². The predicted molar refractivity (Wildman–Crippen MR) is 51.3 cm³/mol. The second kappa shape index (κ2) is 4.81. The zero-order valence-electron chi connectivity index (χ0n) is 21.9. The molecule has 1 N–H and O–H groups in total. The highest BCUT2D eigenvalue weighted by molar-refractivity contribution is 5.25. The Morgan fingerprint density at radius 3 is 3.00 bits per heavy atom. The smallest absolute Gasteiger partial charge is 0.293 e. The molecule has 0 atom stereocenters. The van der Waals surface area contributed by atoms with Crippen molar-refractivity contribution in [2.24, 2.45) is 0 Å². The van der Waals surface area contributed by atoms with Crippen molar-refractivity contribution < 1.29 is 25.7 Å². The summed E-state index contributed by atoms with van der Waals surface area (Å²) in [5.74, 6) is -0.879. The number of phenolic OH excluding ortho intramolecular Hbond substituents is 1. The zero-order valence-corrected chi connectivity index (χ0v) is 5.91. The van der Waals surface area contributed by atoms with Gasteiger partial charge in [-0.05, 0) is 30.4 Å². The number of aromatic hydroxyl groups is 1. The Morgan fingerprint density at radius 2 is 2.33 bits per heavy atom. The van der Waals surface area contributed by atoms with E-state index in [0.717, 1.165) is 0 Å². The first kappa shape index (κ1) is 1.52. The molecule has 0 radical (unpaired) electrons. The SMILES string of the molecule is [2H]Oc1c([2H])c([2H])c(C([2H])([2H])C([2H])([2H])C([2H])([2H])C([2H])([2H])C([2H])([2H])[2H])c([2H])c1[2H]. The van der Waals surface area contributed by atoms with Gasteiger partial charge in [0, 0.05) is 15.1 Å². The van der Waals surface area contributed by atoms with Crippen LogP contribution in [0.5, 0.6) is 5.75 Å². The maximum Gasteiger partial charge on any atom is 0.293 e.